The molecule has 8 heteroatoms. The van der Waals surface area contributed by atoms with Crippen LogP contribution >= 0.6 is 0 Å². The van der Waals surface area contributed by atoms with Gasteiger partial charge >= 0.3 is 0 Å². The topological polar surface area (TPSA) is 108 Å². The number of ketones is 1. The molecule has 0 aliphatic heterocycles. The van der Waals surface area contributed by atoms with Crippen LogP contribution in [0.1, 0.15) is 26.3 Å². The molecule has 0 bridgehead atoms. The molecule has 152 valence electrons. The van der Waals surface area contributed by atoms with E-state index in [0.29, 0.717) is 33.9 Å². The second-order valence-corrected chi connectivity index (χ2v) is 6.23. The van der Waals surface area contributed by atoms with Crippen LogP contribution in [-0.4, -0.2) is 30.8 Å². The minimum atomic E-state index is -0.539. The Bertz CT molecular complexity index is 1110. The number of ether oxygens (including phenoxy) is 2. The average molecular weight is 406 g/mol. The van der Waals surface area contributed by atoms with E-state index in [4.69, 9.17) is 9.47 Å². The molecule has 3 aromatic carbocycles. The number of amides is 1. The Morgan fingerprint density at radius 2 is 1.60 bits per heavy atom. The number of hydrogen-bond donors (Lipinski definition) is 1. The number of nitro groups is 1. The van der Waals surface area contributed by atoms with E-state index in [9.17, 15) is 19.7 Å². The lowest BCUT2D eigenvalue weighted by molar-refractivity contribution is -0.384. The van der Waals surface area contributed by atoms with Gasteiger partial charge in [0.2, 0.25) is 0 Å². The first-order chi connectivity index (χ1) is 14.4. The van der Waals surface area contributed by atoms with Crippen molar-refractivity contribution < 1.29 is 24.0 Å². The lowest BCUT2D eigenvalue weighted by Crippen LogP contribution is -2.12. The van der Waals surface area contributed by atoms with Crippen LogP contribution in [-0.2, 0) is 0 Å². The molecule has 0 aliphatic carbocycles. The zero-order valence-corrected chi connectivity index (χ0v) is 16.2. The number of benzene rings is 3. The summed E-state index contributed by atoms with van der Waals surface area (Å²) in [6.07, 6.45) is 0. The lowest BCUT2D eigenvalue weighted by atomic mass is 10.0. The van der Waals surface area contributed by atoms with Crippen LogP contribution in [0.15, 0.2) is 66.7 Å². The molecular formula is C22H18N2O6. The third-order valence-electron chi connectivity index (χ3n) is 4.38. The Hall–Kier alpha value is -4.20. The van der Waals surface area contributed by atoms with Gasteiger partial charge in [-0.05, 0) is 36.4 Å². The zero-order chi connectivity index (χ0) is 21.7. The number of nitrogens with one attached hydrogen (secondary N) is 1. The summed E-state index contributed by atoms with van der Waals surface area (Å²) in [7, 11) is 2.98. The highest BCUT2D eigenvalue weighted by atomic mass is 16.6. The normalized spacial score (nSPS) is 10.2. The van der Waals surface area contributed by atoms with E-state index in [1.54, 1.807) is 24.3 Å². The van der Waals surface area contributed by atoms with E-state index >= 15 is 0 Å². The number of carbonyl (C=O) groups is 2. The Balaban J connectivity index is 1.79. The van der Waals surface area contributed by atoms with Gasteiger partial charge in [0.25, 0.3) is 11.6 Å². The molecule has 0 fully saturated rings. The summed E-state index contributed by atoms with van der Waals surface area (Å²) in [5.41, 5.74) is 1.19. The first kappa shape index (κ1) is 20.5. The van der Waals surface area contributed by atoms with E-state index < -0.39 is 10.8 Å². The third-order valence-corrected chi connectivity index (χ3v) is 4.38. The van der Waals surface area contributed by atoms with Crippen molar-refractivity contribution in [3.05, 3.63) is 93.5 Å². The molecule has 0 aliphatic rings. The Morgan fingerprint density at radius 1 is 0.900 bits per heavy atom. The van der Waals surface area contributed by atoms with Gasteiger partial charge in [-0.1, -0.05) is 18.2 Å². The van der Waals surface area contributed by atoms with Gasteiger partial charge in [-0.15, -0.1) is 0 Å². The molecule has 3 rings (SSSR count). The fraction of sp³-hybridized carbons (Fsp3) is 0.0909. The van der Waals surface area contributed by atoms with Gasteiger partial charge in [-0.2, -0.15) is 0 Å². The van der Waals surface area contributed by atoms with Crippen molar-refractivity contribution in [2.75, 3.05) is 19.5 Å². The molecule has 0 saturated carbocycles. The van der Waals surface area contributed by atoms with E-state index in [2.05, 4.69) is 5.32 Å². The summed E-state index contributed by atoms with van der Waals surface area (Å²) in [4.78, 5) is 35.6. The highest BCUT2D eigenvalue weighted by Gasteiger charge is 2.17. The molecule has 30 heavy (non-hydrogen) atoms. The van der Waals surface area contributed by atoms with Crippen molar-refractivity contribution in [1.82, 2.24) is 0 Å². The van der Waals surface area contributed by atoms with Crippen LogP contribution in [0.25, 0.3) is 0 Å². The third kappa shape index (κ3) is 4.44. The van der Waals surface area contributed by atoms with Gasteiger partial charge in [-0.3, -0.25) is 19.7 Å². The van der Waals surface area contributed by atoms with Crippen LogP contribution in [0.4, 0.5) is 11.4 Å². The lowest BCUT2D eigenvalue weighted by Gasteiger charge is -2.10. The van der Waals surface area contributed by atoms with Crippen molar-refractivity contribution in [1.29, 1.82) is 0 Å². The summed E-state index contributed by atoms with van der Waals surface area (Å²) in [6, 6.07) is 16.6. The summed E-state index contributed by atoms with van der Waals surface area (Å²) < 4.78 is 10.4. The molecule has 0 atom stereocenters. The average Bonchev–Trinajstić information content (AvgIpc) is 2.78. The van der Waals surface area contributed by atoms with Crippen molar-refractivity contribution in [2.24, 2.45) is 0 Å². The summed E-state index contributed by atoms with van der Waals surface area (Å²) in [6.45, 7) is 0. The first-order valence-electron chi connectivity index (χ1n) is 8.85. The number of nitrogens with zero attached hydrogens (tertiary/aromatic N) is 1. The number of non-ortho nitro benzene ring substituents is 1. The van der Waals surface area contributed by atoms with Gasteiger partial charge in [0.05, 0.1) is 24.7 Å². The van der Waals surface area contributed by atoms with Crippen LogP contribution in [0.5, 0.6) is 11.5 Å². The van der Waals surface area contributed by atoms with Crippen molar-refractivity contribution in [3.63, 3.8) is 0 Å². The number of anilines is 1. The molecule has 0 radical (unpaired) electrons. The van der Waals surface area contributed by atoms with Crippen LogP contribution in [0.3, 0.4) is 0 Å². The second-order valence-electron chi connectivity index (χ2n) is 6.23. The van der Waals surface area contributed by atoms with Gasteiger partial charge in [0, 0.05) is 28.9 Å². The molecule has 1 amide bonds. The standard InChI is InChI=1S/C22H18N2O6/c1-29-18-10-11-20(30-2)19(13-18)21(25)14-6-8-15(9-7-14)22(26)23-16-4-3-5-17(12-16)24(27)28/h3-13H,1-2H3,(H,23,26). The molecule has 0 unspecified atom stereocenters. The molecule has 0 saturated heterocycles. The first-order valence-corrected chi connectivity index (χ1v) is 8.85. The van der Waals surface area contributed by atoms with Gasteiger partial charge < -0.3 is 14.8 Å². The Kier molecular flexibility index (Phi) is 6.07. The number of hydrogen-bond acceptors (Lipinski definition) is 6. The maximum Gasteiger partial charge on any atom is 0.271 e. The van der Waals surface area contributed by atoms with E-state index in [-0.39, 0.29) is 11.5 Å². The minimum absolute atomic E-state index is 0.124. The monoisotopic (exact) mass is 406 g/mol. The predicted molar refractivity (Wildman–Crippen MR) is 110 cm³/mol. The van der Waals surface area contributed by atoms with Gasteiger partial charge in [0.1, 0.15) is 11.5 Å². The summed E-state index contributed by atoms with van der Waals surface area (Å²) in [5, 5.41) is 13.5. The molecule has 1 N–H and O–H groups in total. The molecule has 3 aromatic rings. The smallest absolute Gasteiger partial charge is 0.271 e. The van der Waals surface area contributed by atoms with E-state index in [0.717, 1.165) is 0 Å². The summed E-state index contributed by atoms with van der Waals surface area (Å²) >= 11 is 0. The fourth-order valence-corrected chi connectivity index (χ4v) is 2.82. The maximum absolute atomic E-state index is 12.9. The van der Waals surface area contributed by atoms with Gasteiger partial charge in [0.15, 0.2) is 5.78 Å². The van der Waals surface area contributed by atoms with Gasteiger partial charge in [-0.25, -0.2) is 0 Å². The minimum Gasteiger partial charge on any atom is -0.497 e. The number of nitro benzene ring substituents is 1. The van der Waals surface area contributed by atoms with Crippen molar-refractivity contribution in [2.45, 2.75) is 0 Å². The van der Waals surface area contributed by atoms with Crippen molar-refractivity contribution in [3.8, 4) is 11.5 Å². The molecular weight excluding hydrogens is 388 g/mol. The summed E-state index contributed by atoms with van der Waals surface area (Å²) in [5.74, 6) is 0.199. The second kappa shape index (κ2) is 8.87. The number of methoxy groups -OCH3 is 2. The fourth-order valence-electron chi connectivity index (χ4n) is 2.82. The highest BCUT2D eigenvalue weighted by Crippen LogP contribution is 2.26. The van der Waals surface area contributed by atoms with Crippen LogP contribution in [0, 0.1) is 10.1 Å². The molecule has 0 spiro atoms. The molecule has 0 aromatic heterocycles. The maximum atomic E-state index is 12.9. The highest BCUT2D eigenvalue weighted by molar-refractivity contribution is 6.12. The molecule has 0 heterocycles. The quantitative estimate of drug-likeness (QED) is 0.360. The Morgan fingerprint density at radius 3 is 2.23 bits per heavy atom. The van der Waals surface area contributed by atoms with E-state index in [1.807, 2.05) is 0 Å². The number of rotatable bonds is 7. The zero-order valence-electron chi connectivity index (χ0n) is 16.2. The molecule has 8 nitrogen and oxygen atoms in total. The number of carbonyl (C=O) groups excluding carboxylic acids is 2. The van der Waals surface area contributed by atoms with Crippen LogP contribution in [0.2, 0.25) is 0 Å². The van der Waals surface area contributed by atoms with E-state index in [1.165, 1.54) is 56.7 Å². The Labute approximate surface area is 172 Å². The SMILES string of the molecule is COc1ccc(OC)c(C(=O)c2ccc(C(=O)Nc3cccc([N+](=O)[O-])c3)cc2)c1. The largest absolute Gasteiger partial charge is 0.497 e. The van der Waals surface area contributed by atoms with Crippen molar-refractivity contribution >= 4 is 23.1 Å². The van der Waals surface area contributed by atoms with Crippen LogP contribution < -0.4 is 14.8 Å². The predicted octanol–water partition coefficient (Wildman–Crippen LogP) is 4.10.